The zero-order chi connectivity index (χ0) is 35.2. The molecule has 0 saturated carbocycles. The first-order valence-corrected chi connectivity index (χ1v) is 18.0. The molecule has 53 heavy (non-hydrogen) atoms. The summed E-state index contributed by atoms with van der Waals surface area (Å²) in [7, 11) is 0. The zero-order valence-corrected chi connectivity index (χ0v) is 29.1. The number of pyridine rings is 1. The van der Waals surface area contributed by atoms with Gasteiger partial charge in [-0.15, -0.1) is 0 Å². The Morgan fingerprint density at radius 3 is 1.98 bits per heavy atom. The van der Waals surface area contributed by atoms with Crippen LogP contribution in [0.5, 0.6) is 0 Å². The fourth-order valence-electron chi connectivity index (χ4n) is 8.79. The van der Waals surface area contributed by atoms with E-state index in [9.17, 15) is 0 Å². The molecule has 0 aliphatic heterocycles. The normalized spacial score (nSPS) is 12.9. The molecule has 0 radical (unpaired) electrons. The molecule has 0 atom stereocenters. The number of fused-ring (bicyclic) bond motifs is 7. The van der Waals surface area contributed by atoms with Gasteiger partial charge in [0.2, 0.25) is 0 Å². The second kappa shape index (κ2) is 11.2. The number of aliphatic imine (C=N–C) groups is 1. The molecule has 1 aliphatic carbocycles. The number of nitrogens with zero attached hydrogens (tertiary/aromatic N) is 4. The third kappa shape index (κ3) is 4.24. The van der Waals surface area contributed by atoms with Crippen molar-refractivity contribution >= 4 is 83.0 Å². The second-order valence-electron chi connectivity index (χ2n) is 14.0. The lowest BCUT2D eigenvalue weighted by molar-refractivity contribution is 1.10. The maximum Gasteiger partial charge on any atom is 0.145 e. The maximum absolute atomic E-state index is 5.24. The van der Waals surface area contributed by atoms with Crippen molar-refractivity contribution in [2.24, 2.45) is 4.99 Å². The minimum atomic E-state index is 0.934. The van der Waals surface area contributed by atoms with Crippen LogP contribution in [0.2, 0.25) is 0 Å². The summed E-state index contributed by atoms with van der Waals surface area (Å²) in [6.07, 6.45) is 5.88. The highest BCUT2D eigenvalue weighted by Gasteiger charge is 2.24. The highest BCUT2D eigenvalue weighted by atomic mass is 15.1. The Morgan fingerprint density at radius 2 is 1.19 bits per heavy atom. The van der Waals surface area contributed by atoms with Crippen LogP contribution in [-0.4, -0.2) is 20.8 Å². The number of aromatic nitrogens is 3. The van der Waals surface area contributed by atoms with E-state index < -0.39 is 0 Å². The van der Waals surface area contributed by atoms with E-state index in [1.54, 1.807) is 6.20 Å². The van der Waals surface area contributed by atoms with Gasteiger partial charge in [-0.05, 0) is 113 Å². The molecule has 3 aromatic heterocycles. The van der Waals surface area contributed by atoms with Gasteiger partial charge in [0, 0.05) is 56.0 Å². The Labute approximate surface area is 305 Å². The predicted molar refractivity (Wildman–Crippen MR) is 225 cm³/mol. The van der Waals surface area contributed by atoms with Crippen LogP contribution in [0.15, 0.2) is 169 Å². The van der Waals surface area contributed by atoms with Gasteiger partial charge in [0.05, 0.1) is 22.1 Å². The lowest BCUT2D eigenvalue weighted by atomic mass is 10.00. The van der Waals surface area contributed by atoms with Gasteiger partial charge in [-0.2, -0.15) is 0 Å². The first-order valence-electron chi connectivity index (χ1n) is 18.0. The van der Waals surface area contributed by atoms with Crippen LogP contribution in [0.4, 0.5) is 0 Å². The van der Waals surface area contributed by atoms with Crippen molar-refractivity contribution in [3.8, 4) is 22.6 Å². The summed E-state index contributed by atoms with van der Waals surface area (Å²) >= 11 is 0. The summed E-state index contributed by atoms with van der Waals surface area (Å²) in [4.78, 5) is 9.23. The molecule has 1 aliphatic rings. The van der Waals surface area contributed by atoms with E-state index in [0.717, 1.165) is 27.9 Å². The predicted octanol–water partition coefficient (Wildman–Crippen LogP) is 12.7. The van der Waals surface area contributed by atoms with Crippen molar-refractivity contribution in [2.45, 2.75) is 6.92 Å². The zero-order valence-electron chi connectivity index (χ0n) is 29.1. The standard InChI is InChI=1S/C49H32N4/c1-30-36(23-24-50-2)38-16-10-17-39-48(38)43(30)29-51-49(39)53-46-22-20-34(27-41(46)42-25-31-11-6-7-12-32(31)28-47(42)53)33-19-21-45-40(26-33)37-15-8-9-18-44(37)52(45)35-13-4-3-5-14-35/h3-29H,2H2,1H3/b24-23-. The van der Waals surface area contributed by atoms with Crippen LogP contribution in [0.3, 0.4) is 0 Å². The van der Waals surface area contributed by atoms with Crippen molar-refractivity contribution in [3.63, 3.8) is 0 Å². The van der Waals surface area contributed by atoms with Crippen LogP contribution in [-0.2, 0) is 0 Å². The molecule has 0 bridgehead atoms. The average molecular weight is 677 g/mol. The molecule has 4 nitrogen and oxygen atoms in total. The Morgan fingerprint density at radius 1 is 0.547 bits per heavy atom. The first kappa shape index (κ1) is 29.7. The highest BCUT2D eigenvalue weighted by Crippen LogP contribution is 2.45. The smallest absolute Gasteiger partial charge is 0.145 e. The molecule has 0 spiro atoms. The van der Waals surface area contributed by atoms with Gasteiger partial charge in [-0.1, -0.05) is 91.0 Å². The van der Waals surface area contributed by atoms with Crippen LogP contribution in [0, 0.1) is 0 Å². The van der Waals surface area contributed by atoms with E-state index >= 15 is 0 Å². The van der Waals surface area contributed by atoms with E-state index in [2.05, 4.69) is 179 Å². The molecule has 7 aromatic carbocycles. The van der Waals surface area contributed by atoms with Crippen molar-refractivity contribution < 1.29 is 0 Å². The first-order chi connectivity index (χ1) is 26.2. The van der Waals surface area contributed by atoms with E-state index in [0.29, 0.717) is 0 Å². The van der Waals surface area contributed by atoms with Crippen LogP contribution in [0.25, 0.3) is 98.9 Å². The van der Waals surface area contributed by atoms with Crippen molar-refractivity contribution in [2.75, 3.05) is 0 Å². The molecule has 0 saturated heterocycles. The van der Waals surface area contributed by atoms with Crippen LogP contribution < -0.4 is 0 Å². The van der Waals surface area contributed by atoms with Gasteiger partial charge in [-0.3, -0.25) is 9.56 Å². The Balaban J connectivity index is 1.16. The van der Waals surface area contributed by atoms with Crippen molar-refractivity contribution in [1.29, 1.82) is 0 Å². The van der Waals surface area contributed by atoms with Gasteiger partial charge in [0.1, 0.15) is 5.82 Å². The van der Waals surface area contributed by atoms with E-state index in [1.165, 1.54) is 82.1 Å². The average Bonchev–Trinajstić information content (AvgIpc) is 3.81. The molecule has 248 valence electrons. The summed E-state index contributed by atoms with van der Waals surface area (Å²) in [5, 5.41) is 9.70. The fraction of sp³-hybridized carbons (Fsp3) is 0.0204. The molecule has 10 aromatic rings. The number of allylic oxidation sites excluding steroid dienone is 3. The van der Waals surface area contributed by atoms with Crippen LogP contribution in [0.1, 0.15) is 18.1 Å². The third-order valence-corrected chi connectivity index (χ3v) is 11.2. The summed E-state index contributed by atoms with van der Waals surface area (Å²) in [6, 6.07) is 53.1. The van der Waals surface area contributed by atoms with Crippen LogP contribution >= 0.6 is 0 Å². The molecular formula is C49H32N4. The molecule has 3 heterocycles. The lowest BCUT2D eigenvalue weighted by Gasteiger charge is -2.13. The molecule has 0 amide bonds. The Bertz CT molecular complexity index is 3250. The summed E-state index contributed by atoms with van der Waals surface area (Å²) < 4.78 is 4.74. The van der Waals surface area contributed by atoms with Gasteiger partial charge in [0.15, 0.2) is 0 Å². The monoisotopic (exact) mass is 676 g/mol. The van der Waals surface area contributed by atoms with E-state index in [-0.39, 0.29) is 0 Å². The fourth-order valence-corrected chi connectivity index (χ4v) is 8.79. The second-order valence-corrected chi connectivity index (χ2v) is 14.0. The number of hydrogen-bond donors (Lipinski definition) is 0. The number of para-hydroxylation sites is 2. The van der Waals surface area contributed by atoms with E-state index in [1.807, 2.05) is 6.20 Å². The Kier molecular flexibility index (Phi) is 6.29. The number of benzene rings is 7. The minimum Gasteiger partial charge on any atom is -0.309 e. The lowest BCUT2D eigenvalue weighted by Crippen LogP contribution is -2.00. The van der Waals surface area contributed by atoms with Gasteiger partial charge >= 0.3 is 0 Å². The SMILES string of the molecule is C=N/C=C\C1=C(C)c2cnc(-n3c4ccc(-c5ccc6c(c5)c5ccccc5n6-c5ccccc5)cc4c4cc5ccccc5cc43)c3cccc1c23. The van der Waals surface area contributed by atoms with Gasteiger partial charge in [0.25, 0.3) is 0 Å². The van der Waals surface area contributed by atoms with Gasteiger partial charge in [-0.25, -0.2) is 4.98 Å². The van der Waals surface area contributed by atoms with Crippen molar-refractivity contribution in [3.05, 3.63) is 175 Å². The quantitative estimate of drug-likeness (QED) is 0.167. The maximum atomic E-state index is 5.24. The summed E-state index contributed by atoms with van der Waals surface area (Å²) in [6.45, 7) is 5.83. The minimum absolute atomic E-state index is 0.934. The molecule has 0 fully saturated rings. The number of rotatable bonds is 5. The molecule has 4 heteroatoms. The summed E-state index contributed by atoms with van der Waals surface area (Å²) in [5.74, 6) is 0.934. The summed E-state index contributed by atoms with van der Waals surface area (Å²) in [5.41, 5.74) is 13.0. The third-order valence-electron chi connectivity index (χ3n) is 11.2. The molecule has 0 unspecified atom stereocenters. The van der Waals surface area contributed by atoms with Gasteiger partial charge < -0.3 is 4.57 Å². The largest absolute Gasteiger partial charge is 0.309 e. The highest BCUT2D eigenvalue weighted by molar-refractivity contribution is 6.19. The molecule has 11 rings (SSSR count). The molecular weight excluding hydrogens is 645 g/mol. The molecule has 0 N–H and O–H groups in total. The van der Waals surface area contributed by atoms with E-state index in [4.69, 9.17) is 4.98 Å². The van der Waals surface area contributed by atoms with Crippen molar-refractivity contribution in [1.82, 2.24) is 14.1 Å². The Hall–Kier alpha value is -7.04. The number of hydrogen-bond acceptors (Lipinski definition) is 2. The topological polar surface area (TPSA) is 35.1 Å².